The zero-order valence-corrected chi connectivity index (χ0v) is 30.4. The molecule has 0 saturated carbocycles. The quantitative estimate of drug-likeness (QED) is 0.169. The number of carbonyl (C=O) groups is 1. The van der Waals surface area contributed by atoms with E-state index in [0.717, 1.165) is 18.4 Å². The third kappa shape index (κ3) is 7.39. The van der Waals surface area contributed by atoms with Gasteiger partial charge in [0.1, 0.15) is 34.8 Å². The van der Waals surface area contributed by atoms with Gasteiger partial charge >= 0.3 is 6.01 Å². The lowest BCUT2D eigenvalue weighted by Gasteiger charge is -2.27. The van der Waals surface area contributed by atoms with Crippen LogP contribution in [-0.2, 0) is 11.2 Å². The van der Waals surface area contributed by atoms with E-state index < -0.39 is 12.0 Å². The van der Waals surface area contributed by atoms with Gasteiger partial charge in [-0.25, -0.2) is 23.1 Å². The molecule has 3 aliphatic heterocycles. The highest BCUT2D eigenvalue weighted by molar-refractivity contribution is 6.01. The van der Waals surface area contributed by atoms with Crippen LogP contribution >= 0.6 is 0 Å². The zero-order chi connectivity index (χ0) is 37.2. The normalized spacial score (nSPS) is 19.9. The Morgan fingerprint density at radius 1 is 1.06 bits per heavy atom. The number of nitrogens with zero attached hydrogens (tertiary/aromatic N) is 8. The molecule has 53 heavy (non-hydrogen) atoms. The number of rotatable bonds is 7. The minimum Gasteiger partial charge on any atom is -0.467 e. The predicted octanol–water partition coefficient (Wildman–Crippen LogP) is 6.74. The molecule has 3 aromatic heterocycles. The fraction of sp³-hybridized carbons (Fsp3) is 0.400. The third-order valence-electron chi connectivity index (χ3n) is 10.5. The first-order chi connectivity index (χ1) is 25.6. The summed E-state index contributed by atoms with van der Waals surface area (Å²) in [6.45, 7) is 6.52. The summed E-state index contributed by atoms with van der Waals surface area (Å²) in [5, 5.41) is 1.82. The molecule has 0 bridgehead atoms. The van der Waals surface area contributed by atoms with Crippen LogP contribution in [0.2, 0.25) is 0 Å². The van der Waals surface area contributed by atoms with Crippen LogP contribution in [0.1, 0.15) is 49.7 Å². The van der Waals surface area contributed by atoms with Crippen LogP contribution < -0.4 is 9.64 Å². The maximum Gasteiger partial charge on any atom is 0.318 e. The monoisotopic (exact) mass is 724 g/mol. The fourth-order valence-corrected chi connectivity index (χ4v) is 7.83. The largest absolute Gasteiger partial charge is 0.467 e. The number of alkyl halides is 1. The van der Waals surface area contributed by atoms with Crippen molar-refractivity contribution in [3.8, 4) is 17.3 Å². The van der Waals surface area contributed by atoms with E-state index in [9.17, 15) is 13.6 Å². The molecule has 0 N–H and O–H groups in total. The van der Waals surface area contributed by atoms with E-state index in [1.54, 1.807) is 54.6 Å². The number of methoxy groups -OCH3 is 1. The van der Waals surface area contributed by atoms with Gasteiger partial charge in [0.25, 0.3) is 0 Å². The summed E-state index contributed by atoms with van der Waals surface area (Å²) in [7, 11) is 3.28. The second-order valence-corrected chi connectivity index (χ2v) is 13.8. The smallest absolute Gasteiger partial charge is 0.318 e. The van der Waals surface area contributed by atoms with E-state index in [2.05, 4.69) is 29.8 Å². The van der Waals surface area contributed by atoms with Gasteiger partial charge in [0.2, 0.25) is 5.91 Å². The van der Waals surface area contributed by atoms with Gasteiger partial charge in [-0.15, -0.1) is 0 Å². The molecule has 2 aromatic carbocycles. The van der Waals surface area contributed by atoms with Gasteiger partial charge in [-0.2, -0.15) is 9.97 Å². The van der Waals surface area contributed by atoms with Crippen molar-refractivity contribution in [3.05, 3.63) is 83.6 Å². The Balaban J connectivity index is 0.000000418. The molecule has 13 heteroatoms. The molecule has 0 spiro atoms. The van der Waals surface area contributed by atoms with Crippen molar-refractivity contribution in [2.45, 2.75) is 64.2 Å². The first kappa shape index (κ1) is 36.2. The van der Waals surface area contributed by atoms with E-state index in [1.807, 2.05) is 24.9 Å². The zero-order valence-electron chi connectivity index (χ0n) is 30.4. The number of halogens is 3. The highest BCUT2D eigenvalue weighted by Crippen LogP contribution is 2.37. The summed E-state index contributed by atoms with van der Waals surface area (Å²) in [5.41, 5.74) is 1.76. The summed E-state index contributed by atoms with van der Waals surface area (Å²) < 4.78 is 49.1. The third-order valence-corrected chi connectivity index (χ3v) is 10.5. The maximum absolute atomic E-state index is 16.4. The molecule has 3 saturated heterocycles. The number of aryl methyl sites for hydroxylation is 2. The summed E-state index contributed by atoms with van der Waals surface area (Å²) in [4.78, 5) is 40.7. The summed E-state index contributed by atoms with van der Waals surface area (Å²) in [5.74, 6) is -0.0491. The van der Waals surface area contributed by atoms with Crippen LogP contribution in [0.15, 0.2) is 54.9 Å². The first-order valence-corrected chi connectivity index (χ1v) is 18.1. The molecule has 3 fully saturated rings. The molecule has 1 amide bonds. The molecule has 10 nitrogen and oxygen atoms in total. The second kappa shape index (κ2) is 15.4. The molecule has 276 valence electrons. The van der Waals surface area contributed by atoms with Crippen molar-refractivity contribution in [2.75, 3.05) is 45.2 Å². The minimum atomic E-state index is -0.648. The van der Waals surface area contributed by atoms with Crippen LogP contribution in [-0.4, -0.2) is 99.2 Å². The van der Waals surface area contributed by atoms with E-state index in [4.69, 9.17) is 4.74 Å². The van der Waals surface area contributed by atoms with Crippen LogP contribution in [0.5, 0.6) is 6.01 Å². The molecule has 3 unspecified atom stereocenters. The van der Waals surface area contributed by atoms with E-state index >= 15 is 4.39 Å². The Kier molecular flexibility index (Phi) is 10.5. The van der Waals surface area contributed by atoms with Crippen molar-refractivity contribution in [1.29, 1.82) is 0 Å². The Hall–Kier alpha value is -5.17. The van der Waals surface area contributed by atoms with Crippen LogP contribution in [0.3, 0.4) is 0 Å². The highest BCUT2D eigenvalue weighted by atomic mass is 19.1. The molecule has 0 radical (unpaired) electrons. The number of hydrogen-bond acceptors (Lipinski definition) is 9. The first-order valence-electron chi connectivity index (χ1n) is 18.1. The van der Waals surface area contributed by atoms with Gasteiger partial charge in [-0.3, -0.25) is 14.7 Å². The predicted molar refractivity (Wildman–Crippen MR) is 199 cm³/mol. The number of hydrogen-bond donors (Lipinski definition) is 0. The number of benzene rings is 2. The van der Waals surface area contributed by atoms with E-state index in [-0.39, 0.29) is 35.0 Å². The van der Waals surface area contributed by atoms with Gasteiger partial charge in [0.15, 0.2) is 5.82 Å². The molecular weight excluding hydrogens is 681 g/mol. The van der Waals surface area contributed by atoms with Crippen molar-refractivity contribution in [2.24, 2.45) is 0 Å². The molecule has 6 heterocycles. The number of ether oxygens (including phenoxy) is 1. The van der Waals surface area contributed by atoms with Crippen molar-refractivity contribution >= 4 is 39.5 Å². The minimum absolute atomic E-state index is 0.00242. The number of likely N-dealkylation sites (tertiary alicyclic amines) is 1. The Morgan fingerprint density at radius 3 is 2.68 bits per heavy atom. The van der Waals surface area contributed by atoms with Crippen molar-refractivity contribution in [1.82, 2.24) is 34.7 Å². The number of amides is 1. The van der Waals surface area contributed by atoms with Crippen LogP contribution in [0.4, 0.5) is 19.0 Å². The van der Waals surface area contributed by atoms with Gasteiger partial charge < -0.3 is 14.5 Å². The summed E-state index contributed by atoms with van der Waals surface area (Å²) in [6, 6.07) is 10.8. The molecule has 3 atom stereocenters. The maximum atomic E-state index is 16.4. The molecule has 0 aliphatic carbocycles. The van der Waals surface area contributed by atoms with Gasteiger partial charge in [-0.05, 0) is 80.1 Å². The topological polar surface area (TPSA) is 100 Å². The Bertz CT molecular complexity index is 2170. The molecular formula is C40H43F3N8O2. The van der Waals surface area contributed by atoms with Gasteiger partial charge in [-0.1, -0.05) is 31.2 Å². The lowest BCUT2D eigenvalue weighted by atomic mass is 9.95. The van der Waals surface area contributed by atoms with Crippen LogP contribution in [0.25, 0.3) is 39.0 Å². The SMILES string of the molecule is CCc1c(F)ccc2cccc(-c3ncc4c(N(C)C5CCN(C(=O)/C=C/c6ccnc(C)n6)C5)nc(OC)nc4c3F)c12.FC1CC2CCCN2C1. The van der Waals surface area contributed by atoms with E-state index in [1.165, 1.54) is 32.1 Å². The standard InChI is InChI=1S/C33H31F2N7O2.C7H12FN/c1-5-23-26(34)11-9-20-7-6-8-24(28(20)23)30-29(35)31-25(17-37-30)32(40-33(39-31)44-4)41(3)22-14-16-42(18-22)27(43)12-10-21-13-15-36-19(2)38-21;8-6-4-7-2-1-3-9(7)5-6/h6-13,15,17,22H,5,14,16,18H2,1-4H3;6-7H,1-5H2/b12-10+;. The average molecular weight is 725 g/mol. The number of aromatic nitrogens is 5. The number of anilines is 1. The van der Waals surface area contributed by atoms with Crippen molar-refractivity contribution < 1.29 is 22.7 Å². The average Bonchev–Trinajstić information content (AvgIpc) is 3.91. The number of carbonyl (C=O) groups excluding carboxylic acids is 1. The summed E-state index contributed by atoms with van der Waals surface area (Å²) in [6.07, 6.45) is 10.3. The lowest BCUT2D eigenvalue weighted by Crippen LogP contribution is -2.36. The Morgan fingerprint density at radius 2 is 1.91 bits per heavy atom. The van der Waals surface area contributed by atoms with E-state index in [0.29, 0.717) is 77.8 Å². The molecule has 8 rings (SSSR count). The van der Waals surface area contributed by atoms with Crippen LogP contribution in [0, 0.1) is 18.6 Å². The highest BCUT2D eigenvalue weighted by Gasteiger charge is 2.35. The van der Waals surface area contributed by atoms with Gasteiger partial charge in [0, 0.05) is 62.8 Å². The number of pyridine rings is 1. The number of fused-ring (bicyclic) bond motifs is 3. The van der Waals surface area contributed by atoms with Gasteiger partial charge in [0.05, 0.1) is 18.2 Å². The van der Waals surface area contributed by atoms with Crippen molar-refractivity contribution in [3.63, 3.8) is 0 Å². The number of likely N-dealkylation sites (N-methyl/N-ethyl adjacent to an activating group) is 1. The molecule has 3 aliphatic rings. The second-order valence-electron chi connectivity index (χ2n) is 13.8. The Labute approximate surface area is 306 Å². The lowest BCUT2D eigenvalue weighted by molar-refractivity contribution is -0.124. The summed E-state index contributed by atoms with van der Waals surface area (Å²) >= 11 is 0. The fourth-order valence-electron chi connectivity index (χ4n) is 7.83. The molecule has 5 aromatic rings.